The van der Waals surface area contributed by atoms with Crippen LogP contribution in [0, 0.1) is 0 Å². The quantitative estimate of drug-likeness (QED) is 0.862. The predicted molar refractivity (Wildman–Crippen MR) is 67.6 cm³/mol. The summed E-state index contributed by atoms with van der Waals surface area (Å²) in [5.41, 5.74) is 1.12. The van der Waals surface area contributed by atoms with Crippen LogP contribution in [-0.2, 0) is 18.0 Å². The lowest BCUT2D eigenvalue weighted by Gasteiger charge is -2.02. The Bertz CT molecular complexity index is 477. The molecule has 0 aliphatic carbocycles. The lowest BCUT2D eigenvalue weighted by atomic mass is 10.2. The van der Waals surface area contributed by atoms with Gasteiger partial charge in [-0.25, -0.2) is 0 Å². The molecule has 0 aliphatic rings. The van der Waals surface area contributed by atoms with E-state index in [0.29, 0.717) is 17.7 Å². The van der Waals surface area contributed by atoms with Crippen LogP contribution in [0.3, 0.4) is 0 Å². The first-order valence-electron chi connectivity index (χ1n) is 4.54. The van der Waals surface area contributed by atoms with Crippen LogP contribution in [0.2, 0.25) is 4.47 Å². The maximum absolute atomic E-state index is 5.66. The van der Waals surface area contributed by atoms with Crippen LogP contribution in [0.4, 0.5) is 0 Å². The van der Waals surface area contributed by atoms with Crippen molar-refractivity contribution in [3.63, 3.8) is 0 Å². The number of ether oxygens (including phenoxy) is 1. The van der Waals surface area contributed by atoms with E-state index >= 15 is 0 Å². The Morgan fingerprint density at radius 2 is 2.19 bits per heavy atom. The van der Waals surface area contributed by atoms with Gasteiger partial charge in [0.25, 0.3) is 0 Å². The van der Waals surface area contributed by atoms with Gasteiger partial charge in [0, 0.05) is 4.47 Å². The molecule has 0 atom stereocenters. The fourth-order valence-electron chi connectivity index (χ4n) is 1.17. The van der Waals surface area contributed by atoms with Crippen LogP contribution in [0.1, 0.15) is 10.6 Å². The lowest BCUT2D eigenvalue weighted by Crippen LogP contribution is -1.93. The largest absolute Gasteiger partial charge is 0.370 e. The minimum atomic E-state index is 0.441. The molecule has 16 heavy (non-hydrogen) atoms. The van der Waals surface area contributed by atoms with E-state index in [9.17, 15) is 0 Å². The Kier molecular flexibility index (Phi) is 4.29. The second-order valence-corrected chi connectivity index (χ2v) is 5.63. The summed E-state index contributed by atoms with van der Waals surface area (Å²) in [6.07, 6.45) is 0. The molecule has 0 aliphatic heterocycles. The van der Waals surface area contributed by atoms with E-state index in [1.54, 1.807) is 0 Å². The Morgan fingerprint density at radius 1 is 1.31 bits per heavy atom. The van der Waals surface area contributed by atoms with Gasteiger partial charge < -0.3 is 4.74 Å². The number of nitrogens with zero attached hydrogens (tertiary/aromatic N) is 2. The van der Waals surface area contributed by atoms with Crippen LogP contribution < -0.4 is 0 Å². The van der Waals surface area contributed by atoms with Gasteiger partial charge in [0.15, 0.2) is 0 Å². The van der Waals surface area contributed by atoms with Crippen molar-refractivity contribution in [2.45, 2.75) is 13.2 Å². The molecule has 2 aromatic rings. The summed E-state index contributed by atoms with van der Waals surface area (Å²) in [5.74, 6) is 0. The first kappa shape index (κ1) is 12.0. The Balaban J connectivity index is 1.84. The molecule has 0 saturated carbocycles. The topological polar surface area (TPSA) is 35.0 Å². The van der Waals surface area contributed by atoms with Crippen molar-refractivity contribution in [1.82, 2.24) is 10.2 Å². The summed E-state index contributed by atoms with van der Waals surface area (Å²) >= 11 is 10.4. The van der Waals surface area contributed by atoms with E-state index < -0.39 is 0 Å². The second-order valence-electron chi connectivity index (χ2n) is 3.07. The highest BCUT2D eigenvalue weighted by Gasteiger charge is 2.01. The zero-order valence-electron chi connectivity index (χ0n) is 8.19. The predicted octanol–water partition coefficient (Wildman–Crippen LogP) is 3.67. The van der Waals surface area contributed by atoms with Gasteiger partial charge in [-0.05, 0) is 29.3 Å². The fourth-order valence-corrected chi connectivity index (χ4v) is 2.43. The second kappa shape index (κ2) is 5.72. The van der Waals surface area contributed by atoms with Crippen molar-refractivity contribution in [2.24, 2.45) is 0 Å². The molecule has 6 heteroatoms. The number of benzene rings is 1. The molecule has 0 fully saturated rings. The standard InChI is InChI=1S/C10H8BrClN2OS/c11-8-3-1-2-7(4-8)5-15-6-9-13-14-10(12)16-9/h1-4H,5-6H2. The summed E-state index contributed by atoms with van der Waals surface area (Å²) in [6, 6.07) is 7.99. The first-order chi connectivity index (χ1) is 7.74. The van der Waals surface area contributed by atoms with Crippen LogP contribution in [-0.4, -0.2) is 10.2 Å². The number of rotatable bonds is 4. The molecular weight excluding hydrogens is 312 g/mol. The Labute approximate surface area is 111 Å². The van der Waals surface area contributed by atoms with E-state index in [1.165, 1.54) is 11.3 Å². The molecule has 0 saturated heterocycles. The maximum atomic E-state index is 5.66. The SMILES string of the molecule is Clc1nnc(COCc2cccc(Br)c2)s1. The number of hydrogen-bond donors (Lipinski definition) is 0. The first-order valence-corrected chi connectivity index (χ1v) is 6.53. The van der Waals surface area contributed by atoms with E-state index in [2.05, 4.69) is 26.1 Å². The van der Waals surface area contributed by atoms with Gasteiger partial charge in [-0.15, -0.1) is 10.2 Å². The van der Waals surface area contributed by atoms with E-state index in [-0.39, 0.29) is 0 Å². The van der Waals surface area contributed by atoms with Gasteiger partial charge in [-0.1, -0.05) is 39.4 Å². The number of halogens is 2. The summed E-state index contributed by atoms with van der Waals surface area (Å²) in [7, 11) is 0. The van der Waals surface area contributed by atoms with Gasteiger partial charge >= 0.3 is 0 Å². The molecule has 84 valence electrons. The maximum Gasteiger partial charge on any atom is 0.207 e. The fraction of sp³-hybridized carbons (Fsp3) is 0.200. The third-order valence-corrected chi connectivity index (χ3v) is 3.31. The van der Waals surface area contributed by atoms with Crippen LogP contribution in [0.25, 0.3) is 0 Å². The molecule has 0 amide bonds. The highest BCUT2D eigenvalue weighted by Crippen LogP contribution is 2.17. The average molecular weight is 320 g/mol. The molecule has 0 spiro atoms. The highest BCUT2D eigenvalue weighted by atomic mass is 79.9. The summed E-state index contributed by atoms with van der Waals surface area (Å²) in [6.45, 7) is 0.994. The third kappa shape index (κ3) is 3.52. The average Bonchev–Trinajstić information content (AvgIpc) is 2.64. The van der Waals surface area contributed by atoms with Gasteiger partial charge in [0.05, 0.1) is 6.61 Å². The number of aromatic nitrogens is 2. The van der Waals surface area contributed by atoms with E-state index in [1.807, 2.05) is 24.3 Å². The number of hydrogen-bond acceptors (Lipinski definition) is 4. The minimum absolute atomic E-state index is 0.441. The molecule has 0 radical (unpaired) electrons. The summed E-state index contributed by atoms with van der Waals surface area (Å²) in [4.78, 5) is 0. The zero-order valence-corrected chi connectivity index (χ0v) is 11.3. The highest BCUT2D eigenvalue weighted by molar-refractivity contribution is 9.10. The molecule has 1 aromatic carbocycles. The van der Waals surface area contributed by atoms with Gasteiger partial charge in [0.2, 0.25) is 4.47 Å². The lowest BCUT2D eigenvalue weighted by molar-refractivity contribution is 0.106. The molecule has 1 aromatic heterocycles. The van der Waals surface area contributed by atoms with Gasteiger partial charge in [-0.2, -0.15) is 0 Å². The van der Waals surface area contributed by atoms with Crippen molar-refractivity contribution in [2.75, 3.05) is 0 Å². The molecular formula is C10H8BrClN2OS. The molecule has 0 unspecified atom stereocenters. The van der Waals surface area contributed by atoms with Crippen LogP contribution in [0.5, 0.6) is 0 Å². The Morgan fingerprint density at radius 3 is 2.88 bits per heavy atom. The molecule has 1 heterocycles. The summed E-state index contributed by atoms with van der Waals surface area (Å²) < 4.78 is 7.00. The molecule has 2 rings (SSSR count). The van der Waals surface area contributed by atoms with Gasteiger partial charge in [-0.3, -0.25) is 0 Å². The Hall–Kier alpha value is -0.490. The van der Waals surface area contributed by atoms with E-state index in [4.69, 9.17) is 16.3 Å². The zero-order chi connectivity index (χ0) is 11.4. The van der Waals surface area contributed by atoms with Crippen LogP contribution >= 0.6 is 38.9 Å². The molecule has 0 bridgehead atoms. The van der Waals surface area contributed by atoms with Crippen molar-refractivity contribution >= 4 is 38.9 Å². The molecule has 0 N–H and O–H groups in total. The van der Waals surface area contributed by atoms with Crippen LogP contribution in [0.15, 0.2) is 28.7 Å². The normalized spacial score (nSPS) is 10.6. The molecule has 3 nitrogen and oxygen atoms in total. The van der Waals surface area contributed by atoms with Gasteiger partial charge in [0.1, 0.15) is 11.6 Å². The van der Waals surface area contributed by atoms with Crippen molar-refractivity contribution in [3.05, 3.63) is 43.8 Å². The minimum Gasteiger partial charge on any atom is -0.370 e. The summed E-state index contributed by atoms with van der Waals surface area (Å²) in [5, 5.41) is 8.36. The smallest absolute Gasteiger partial charge is 0.207 e. The van der Waals surface area contributed by atoms with Crippen molar-refractivity contribution in [3.8, 4) is 0 Å². The van der Waals surface area contributed by atoms with Crippen molar-refractivity contribution < 1.29 is 4.74 Å². The third-order valence-electron chi connectivity index (χ3n) is 1.83. The van der Waals surface area contributed by atoms with Crippen molar-refractivity contribution in [1.29, 1.82) is 0 Å². The van der Waals surface area contributed by atoms with E-state index in [0.717, 1.165) is 15.0 Å². The monoisotopic (exact) mass is 318 g/mol.